The van der Waals surface area contributed by atoms with E-state index in [1.165, 1.54) is 23.3 Å². The molecule has 2 aromatic carbocycles. The Hall–Kier alpha value is -5.51. The molecule has 0 aliphatic carbocycles. The second kappa shape index (κ2) is 23.8. The van der Waals surface area contributed by atoms with E-state index >= 15 is 0 Å². The molecule has 2 atom stereocenters. The van der Waals surface area contributed by atoms with Gasteiger partial charge in [-0.1, -0.05) is 47.5 Å². The molecule has 0 saturated heterocycles. The highest BCUT2D eigenvalue weighted by atomic mass is 35.5. The molecule has 0 radical (unpaired) electrons. The molecule has 0 bridgehead atoms. The molecule has 0 fully saturated rings. The van der Waals surface area contributed by atoms with Crippen LogP contribution in [0.2, 0.25) is 10.0 Å². The van der Waals surface area contributed by atoms with Crippen LogP contribution in [0.3, 0.4) is 0 Å². The molecule has 17 nitrogen and oxygen atoms in total. The lowest BCUT2D eigenvalue weighted by Crippen LogP contribution is -2.27. The first kappa shape index (κ1) is 51.8. The van der Waals surface area contributed by atoms with E-state index in [0.717, 1.165) is 54.9 Å². The summed E-state index contributed by atoms with van der Waals surface area (Å²) in [5.74, 6) is 1.88. The number of methoxy groups -OCH3 is 1. The first-order valence-corrected chi connectivity index (χ1v) is 25.7. The second-order valence-electron chi connectivity index (χ2n) is 16.9. The Balaban J connectivity index is 0.719. The molecule has 2 aliphatic rings. The maximum atomic E-state index is 13.6. The molecule has 2 aliphatic heterocycles. The van der Waals surface area contributed by atoms with E-state index in [1.54, 1.807) is 23.5 Å². The number of halogens is 2. The quantitative estimate of drug-likeness (QED) is 0.0476. The molecule has 1 amide bonds. The molecule has 8 rings (SSSR count). The number of hydrogen-bond donors (Lipinski definition) is 1. The fourth-order valence-corrected chi connectivity index (χ4v) is 11.1. The monoisotopic (exact) mass is 1040 g/mol. The number of ether oxygens (including phenoxy) is 5. The van der Waals surface area contributed by atoms with Crippen molar-refractivity contribution < 1.29 is 38.1 Å². The van der Waals surface area contributed by atoms with E-state index in [2.05, 4.69) is 44.1 Å². The van der Waals surface area contributed by atoms with Crippen LogP contribution >= 0.6 is 45.9 Å². The molecule has 6 heterocycles. The Labute approximate surface area is 429 Å². The molecule has 4 aromatic heterocycles. The third-order valence-corrected chi connectivity index (χ3v) is 15.1. The molecule has 21 heteroatoms. The number of carbonyl (C=O) groups excluding carboxylic acids is 3. The van der Waals surface area contributed by atoms with Crippen LogP contribution in [0.25, 0.3) is 10.0 Å². The van der Waals surface area contributed by atoms with Crippen LogP contribution in [0, 0.1) is 34.6 Å². The minimum Gasteiger partial charge on any atom is -0.469 e. The number of ketones is 1. The van der Waals surface area contributed by atoms with Gasteiger partial charge in [-0.15, -0.1) is 43.1 Å². The topological polar surface area (TPSA) is 196 Å². The summed E-state index contributed by atoms with van der Waals surface area (Å²) in [6.07, 6.45) is 1.09. The summed E-state index contributed by atoms with van der Waals surface area (Å²) in [4.78, 5) is 51.4. The Morgan fingerprint density at radius 1 is 0.620 bits per heavy atom. The lowest BCUT2D eigenvalue weighted by molar-refractivity contribution is -0.141. The zero-order valence-electron chi connectivity index (χ0n) is 40.4. The van der Waals surface area contributed by atoms with Gasteiger partial charge < -0.3 is 29.0 Å². The Kier molecular flexibility index (Phi) is 17.4. The number of thiophene rings is 2. The lowest BCUT2D eigenvalue weighted by Gasteiger charge is -2.12. The van der Waals surface area contributed by atoms with E-state index in [0.29, 0.717) is 97.2 Å². The molecule has 71 heavy (non-hydrogen) atoms. The van der Waals surface area contributed by atoms with E-state index < -0.39 is 18.1 Å². The minimum atomic E-state index is -0.667. The van der Waals surface area contributed by atoms with Crippen molar-refractivity contribution in [2.24, 2.45) is 9.98 Å². The third kappa shape index (κ3) is 11.9. The maximum Gasteiger partial charge on any atom is 0.308 e. The van der Waals surface area contributed by atoms with Gasteiger partial charge in [0.2, 0.25) is 0 Å². The van der Waals surface area contributed by atoms with Gasteiger partial charge in [-0.2, -0.15) is 0 Å². The molecule has 0 saturated carbocycles. The van der Waals surface area contributed by atoms with Gasteiger partial charge >= 0.3 is 5.97 Å². The fraction of sp³-hybridized carbons (Fsp3) is 0.420. The number of aromatic nitrogens is 6. The Bertz CT molecular complexity index is 2940. The number of rotatable bonds is 23. The summed E-state index contributed by atoms with van der Waals surface area (Å²) in [5, 5.41) is 23.5. The number of esters is 1. The summed E-state index contributed by atoms with van der Waals surface area (Å²) in [6.45, 7) is 13.1. The second-order valence-corrected chi connectivity index (χ2v) is 20.0. The molecule has 0 spiro atoms. The number of benzene rings is 2. The number of aliphatic imine (C=N–C) groups is 2. The smallest absolute Gasteiger partial charge is 0.308 e. The van der Waals surface area contributed by atoms with Crippen LogP contribution in [0.1, 0.15) is 109 Å². The number of nitrogens with one attached hydrogen (secondary N) is 1. The van der Waals surface area contributed by atoms with Crippen molar-refractivity contribution in [3.8, 4) is 10.0 Å². The lowest BCUT2D eigenvalue weighted by atomic mass is 9.99. The average molecular weight is 1050 g/mol. The highest BCUT2D eigenvalue weighted by molar-refractivity contribution is 7.17. The van der Waals surface area contributed by atoms with Crippen LogP contribution in [0.4, 0.5) is 0 Å². The van der Waals surface area contributed by atoms with Crippen molar-refractivity contribution >= 4 is 75.0 Å². The molecule has 1 N–H and O–H groups in total. The SMILES string of the molecule is COC(=O)CC1N=C(c2ccc(Cl)cc2)c2c(sc(C(=O)NCCOCCOCCOCCOCCCC(=O)CC3N=C(c4ccc(Cl)cc4)c4c(sc(C)c4C)-n4c(C)nnc43)c2C)-n2c(C)nnc21. The van der Waals surface area contributed by atoms with Crippen LogP contribution in [-0.2, 0) is 33.3 Å². The van der Waals surface area contributed by atoms with E-state index in [1.807, 2.05) is 61.7 Å². The summed E-state index contributed by atoms with van der Waals surface area (Å²) in [6, 6.07) is 13.8. The number of amides is 1. The molecular weight excluding hydrogens is 990 g/mol. The van der Waals surface area contributed by atoms with Crippen molar-refractivity contribution in [1.29, 1.82) is 0 Å². The highest BCUT2D eigenvalue weighted by Gasteiger charge is 2.35. The zero-order chi connectivity index (χ0) is 50.2. The normalized spacial score (nSPS) is 14.9. The summed E-state index contributed by atoms with van der Waals surface area (Å²) in [7, 11) is 1.34. The summed E-state index contributed by atoms with van der Waals surface area (Å²) >= 11 is 15.5. The van der Waals surface area contributed by atoms with Gasteiger partial charge in [-0.3, -0.25) is 33.5 Å². The van der Waals surface area contributed by atoms with Gasteiger partial charge in [-0.25, -0.2) is 0 Å². The molecule has 2 unspecified atom stereocenters. The van der Waals surface area contributed by atoms with Crippen molar-refractivity contribution in [1.82, 2.24) is 34.8 Å². The van der Waals surface area contributed by atoms with Crippen LogP contribution in [0.5, 0.6) is 0 Å². The van der Waals surface area contributed by atoms with Crippen molar-refractivity contribution in [2.45, 2.75) is 72.4 Å². The number of carbonyl (C=O) groups is 3. The van der Waals surface area contributed by atoms with Gasteiger partial charge in [0.05, 0.1) is 76.1 Å². The fourth-order valence-electron chi connectivity index (χ4n) is 8.38. The molecular formula is C50H55Cl2N9O8S2. The number of hydrogen-bond acceptors (Lipinski definition) is 16. The van der Waals surface area contributed by atoms with Crippen LogP contribution < -0.4 is 5.32 Å². The van der Waals surface area contributed by atoms with E-state index in [-0.39, 0.29) is 37.7 Å². The third-order valence-electron chi connectivity index (χ3n) is 12.1. The van der Waals surface area contributed by atoms with Crippen LogP contribution in [-0.4, -0.2) is 125 Å². The standard InChI is InChI=1S/C50H55Cl2N9O8S2/c1-28-30(3)70-49-41(28)43(33-9-13-35(51)14-10-33)54-38(46-58-56-31(4)60(46)49)26-37(62)8-7-18-66-20-22-68-24-25-69-23-21-67-19-17-53-48(64)45-29(2)42-44(34-11-15-36(52)16-12-34)55-39(27-40(63)65-6)47-59-57-32(5)61(47)50(42)71-45/h9-16,38-39H,7-8,17-27H2,1-6H3,(H,53,64). The van der Waals surface area contributed by atoms with Gasteiger partial charge in [0.1, 0.15) is 39.5 Å². The first-order valence-electron chi connectivity index (χ1n) is 23.3. The van der Waals surface area contributed by atoms with E-state index in [9.17, 15) is 14.4 Å². The largest absolute Gasteiger partial charge is 0.469 e. The predicted molar refractivity (Wildman–Crippen MR) is 273 cm³/mol. The Morgan fingerprint density at radius 2 is 1.10 bits per heavy atom. The van der Waals surface area contributed by atoms with Gasteiger partial charge in [-0.05, 0) is 76.4 Å². The number of fused-ring (bicyclic) bond motifs is 6. The predicted octanol–water partition coefficient (Wildman–Crippen LogP) is 8.40. The van der Waals surface area contributed by atoms with Crippen LogP contribution in [0.15, 0.2) is 58.5 Å². The molecule has 374 valence electrons. The van der Waals surface area contributed by atoms with Gasteiger partial charge in [0.15, 0.2) is 11.6 Å². The number of nitrogens with zero attached hydrogens (tertiary/aromatic N) is 8. The van der Waals surface area contributed by atoms with Crippen molar-refractivity contribution in [3.63, 3.8) is 0 Å². The zero-order valence-corrected chi connectivity index (χ0v) is 43.5. The number of aryl methyl sites for hydroxylation is 3. The number of Topliss-reactive ketones (excluding diaryl/α,β-unsaturated/α-hetero) is 1. The summed E-state index contributed by atoms with van der Waals surface area (Å²) in [5.41, 5.74) is 6.79. The minimum absolute atomic E-state index is 0.0345. The highest BCUT2D eigenvalue weighted by Crippen LogP contribution is 2.42. The van der Waals surface area contributed by atoms with Gasteiger partial charge in [0, 0.05) is 63.2 Å². The first-order chi connectivity index (χ1) is 34.3. The van der Waals surface area contributed by atoms with Crippen molar-refractivity contribution in [2.75, 3.05) is 66.5 Å². The van der Waals surface area contributed by atoms with E-state index in [4.69, 9.17) is 56.9 Å². The Morgan fingerprint density at radius 3 is 1.63 bits per heavy atom. The van der Waals surface area contributed by atoms with Gasteiger partial charge in [0.25, 0.3) is 5.91 Å². The maximum absolute atomic E-state index is 13.6. The molecule has 6 aromatic rings. The average Bonchev–Trinajstić information content (AvgIpc) is 4.06. The van der Waals surface area contributed by atoms with Crippen molar-refractivity contribution in [3.05, 3.63) is 125 Å². The summed E-state index contributed by atoms with van der Waals surface area (Å²) < 4.78 is 31.7.